The van der Waals surface area contributed by atoms with Gasteiger partial charge in [0.1, 0.15) is 5.65 Å². The Kier molecular flexibility index (Phi) is 2.52. The molecule has 2 aromatic heterocycles. The summed E-state index contributed by atoms with van der Waals surface area (Å²) in [5.74, 6) is 0.580. The van der Waals surface area contributed by atoms with Crippen LogP contribution in [-0.4, -0.2) is 33.9 Å². The van der Waals surface area contributed by atoms with E-state index in [-0.39, 0.29) is 0 Å². The van der Waals surface area contributed by atoms with Crippen LogP contribution in [0.1, 0.15) is 25.0 Å². The summed E-state index contributed by atoms with van der Waals surface area (Å²) >= 11 is 0. The number of nitrogens with zero attached hydrogens (tertiary/aromatic N) is 3. The topological polar surface area (TPSA) is 46.6 Å². The first-order valence-electron chi connectivity index (χ1n) is 6.22. The molecule has 0 saturated carbocycles. The van der Waals surface area contributed by atoms with Crippen molar-refractivity contribution in [2.75, 3.05) is 25.4 Å². The molecule has 0 bridgehead atoms. The Balaban J connectivity index is 1.91. The summed E-state index contributed by atoms with van der Waals surface area (Å²) in [5, 5.41) is 0. The number of aromatic nitrogens is 2. The van der Waals surface area contributed by atoms with Crippen LogP contribution in [0.3, 0.4) is 0 Å². The number of fused-ring (bicyclic) bond motifs is 1. The zero-order valence-electron chi connectivity index (χ0n) is 10.1. The van der Waals surface area contributed by atoms with Crippen LogP contribution in [0.2, 0.25) is 0 Å². The largest absolute Gasteiger partial charge is 0.399 e. The predicted molar refractivity (Wildman–Crippen MR) is 69.1 cm³/mol. The van der Waals surface area contributed by atoms with E-state index in [0.717, 1.165) is 24.4 Å². The number of nitrogens with two attached hydrogens (primary N) is 1. The first kappa shape index (κ1) is 10.6. The molecule has 2 N–H and O–H groups in total. The molecular weight excluding hydrogens is 212 g/mol. The third-order valence-electron chi connectivity index (χ3n) is 3.64. The van der Waals surface area contributed by atoms with Crippen LogP contribution in [-0.2, 0) is 0 Å². The summed E-state index contributed by atoms with van der Waals surface area (Å²) in [5.41, 5.74) is 8.70. The number of imidazole rings is 1. The Morgan fingerprint density at radius 3 is 3.18 bits per heavy atom. The molecule has 1 aliphatic heterocycles. The van der Waals surface area contributed by atoms with Crippen LogP contribution in [0, 0.1) is 0 Å². The maximum absolute atomic E-state index is 5.77. The van der Waals surface area contributed by atoms with Crippen LogP contribution in [0.5, 0.6) is 0 Å². The van der Waals surface area contributed by atoms with Gasteiger partial charge in [-0.15, -0.1) is 0 Å². The fourth-order valence-corrected chi connectivity index (χ4v) is 2.58. The Morgan fingerprint density at radius 1 is 1.53 bits per heavy atom. The average molecular weight is 230 g/mol. The molecule has 90 valence electrons. The van der Waals surface area contributed by atoms with Crippen LogP contribution in [0.4, 0.5) is 5.69 Å². The molecule has 17 heavy (non-hydrogen) atoms. The second-order valence-electron chi connectivity index (χ2n) is 4.77. The molecule has 4 nitrogen and oxygen atoms in total. The normalized spacial score (nSPS) is 21.4. The van der Waals surface area contributed by atoms with Gasteiger partial charge in [0.15, 0.2) is 0 Å². The summed E-state index contributed by atoms with van der Waals surface area (Å²) in [6.07, 6.45) is 5.33. The van der Waals surface area contributed by atoms with Gasteiger partial charge in [0.2, 0.25) is 0 Å². The van der Waals surface area contributed by atoms with Gasteiger partial charge >= 0.3 is 0 Å². The lowest BCUT2D eigenvalue weighted by Gasteiger charge is -2.11. The molecule has 1 saturated heterocycles. The molecule has 0 amide bonds. The highest BCUT2D eigenvalue weighted by Gasteiger charge is 2.24. The van der Waals surface area contributed by atoms with Crippen LogP contribution >= 0.6 is 0 Å². The molecule has 1 unspecified atom stereocenters. The lowest BCUT2D eigenvalue weighted by atomic mass is 10.1. The Bertz CT molecular complexity index is 531. The van der Waals surface area contributed by atoms with Crippen LogP contribution in [0.25, 0.3) is 5.65 Å². The molecule has 0 aliphatic carbocycles. The molecule has 0 radical (unpaired) electrons. The van der Waals surface area contributed by atoms with Gasteiger partial charge in [-0.05, 0) is 25.6 Å². The minimum absolute atomic E-state index is 0.580. The van der Waals surface area contributed by atoms with Crippen molar-refractivity contribution in [3.8, 4) is 0 Å². The zero-order valence-corrected chi connectivity index (χ0v) is 10.1. The van der Waals surface area contributed by atoms with Crippen molar-refractivity contribution in [3.63, 3.8) is 0 Å². The Hall–Kier alpha value is -1.55. The van der Waals surface area contributed by atoms with E-state index in [9.17, 15) is 0 Å². The van der Waals surface area contributed by atoms with Crippen molar-refractivity contribution in [1.82, 2.24) is 14.3 Å². The predicted octanol–water partition coefficient (Wildman–Crippen LogP) is 1.73. The summed E-state index contributed by atoms with van der Waals surface area (Å²) in [4.78, 5) is 7.16. The lowest BCUT2D eigenvalue weighted by molar-refractivity contribution is 0.353. The SMILES string of the molecule is CCN1CCC(c2cn3ccc(N)cc3n2)C1. The van der Waals surface area contributed by atoms with Gasteiger partial charge < -0.3 is 15.0 Å². The monoisotopic (exact) mass is 230 g/mol. The Morgan fingerprint density at radius 2 is 2.41 bits per heavy atom. The quantitative estimate of drug-likeness (QED) is 0.854. The summed E-state index contributed by atoms with van der Waals surface area (Å²) in [7, 11) is 0. The minimum Gasteiger partial charge on any atom is -0.399 e. The fraction of sp³-hybridized carbons (Fsp3) is 0.462. The van der Waals surface area contributed by atoms with Crippen LogP contribution < -0.4 is 5.73 Å². The number of pyridine rings is 1. The first-order valence-corrected chi connectivity index (χ1v) is 6.22. The van der Waals surface area contributed by atoms with Gasteiger partial charge in [-0.1, -0.05) is 6.92 Å². The third kappa shape index (κ3) is 1.89. The first-order chi connectivity index (χ1) is 8.26. The van der Waals surface area contributed by atoms with Crippen molar-refractivity contribution in [3.05, 3.63) is 30.2 Å². The van der Waals surface area contributed by atoms with E-state index >= 15 is 0 Å². The fourth-order valence-electron chi connectivity index (χ4n) is 2.58. The molecule has 3 heterocycles. The van der Waals surface area contributed by atoms with Gasteiger partial charge in [-0.3, -0.25) is 0 Å². The highest BCUT2D eigenvalue weighted by Crippen LogP contribution is 2.26. The smallest absolute Gasteiger partial charge is 0.139 e. The van der Waals surface area contributed by atoms with Gasteiger partial charge in [-0.2, -0.15) is 0 Å². The number of likely N-dealkylation sites (tertiary alicyclic amines) is 1. The maximum Gasteiger partial charge on any atom is 0.139 e. The van der Waals surface area contributed by atoms with E-state index in [1.807, 2.05) is 18.3 Å². The van der Waals surface area contributed by atoms with Crippen molar-refractivity contribution in [2.45, 2.75) is 19.3 Å². The Labute approximate surface area is 101 Å². The minimum atomic E-state index is 0.580. The van der Waals surface area contributed by atoms with E-state index in [4.69, 9.17) is 5.73 Å². The third-order valence-corrected chi connectivity index (χ3v) is 3.64. The van der Waals surface area contributed by atoms with Gasteiger partial charge in [0.25, 0.3) is 0 Å². The summed E-state index contributed by atoms with van der Waals surface area (Å²) in [6, 6.07) is 3.83. The molecule has 0 spiro atoms. The van der Waals surface area contributed by atoms with Crippen molar-refractivity contribution < 1.29 is 0 Å². The molecule has 0 aromatic carbocycles. The highest BCUT2D eigenvalue weighted by molar-refractivity contribution is 5.52. The molecule has 4 heteroatoms. The molecule has 1 fully saturated rings. The summed E-state index contributed by atoms with van der Waals surface area (Å²) < 4.78 is 2.06. The van der Waals surface area contributed by atoms with E-state index in [0.29, 0.717) is 5.92 Å². The molecule has 1 aliphatic rings. The summed E-state index contributed by atoms with van der Waals surface area (Å²) in [6.45, 7) is 5.68. The highest BCUT2D eigenvalue weighted by atomic mass is 15.1. The number of hydrogen-bond acceptors (Lipinski definition) is 3. The molecule has 3 rings (SSSR count). The second-order valence-corrected chi connectivity index (χ2v) is 4.77. The van der Waals surface area contributed by atoms with Crippen LogP contribution in [0.15, 0.2) is 24.5 Å². The maximum atomic E-state index is 5.77. The second kappa shape index (κ2) is 4.04. The van der Waals surface area contributed by atoms with Gasteiger partial charge in [0.05, 0.1) is 5.69 Å². The molecular formula is C13H18N4. The van der Waals surface area contributed by atoms with E-state index in [1.165, 1.54) is 18.7 Å². The van der Waals surface area contributed by atoms with E-state index < -0.39 is 0 Å². The van der Waals surface area contributed by atoms with Crippen molar-refractivity contribution in [1.29, 1.82) is 0 Å². The number of rotatable bonds is 2. The van der Waals surface area contributed by atoms with E-state index in [1.54, 1.807) is 0 Å². The number of hydrogen-bond donors (Lipinski definition) is 1. The lowest BCUT2D eigenvalue weighted by Crippen LogP contribution is -2.19. The zero-order chi connectivity index (χ0) is 11.8. The van der Waals surface area contributed by atoms with E-state index in [2.05, 4.69) is 27.4 Å². The standard InChI is InChI=1S/C13H18N4/c1-2-16-5-3-10(8-16)12-9-17-6-4-11(14)7-13(17)15-12/h4,6-7,9-10H,2-3,5,8,14H2,1H3. The average Bonchev–Trinajstić information content (AvgIpc) is 2.93. The van der Waals surface area contributed by atoms with Crippen molar-refractivity contribution in [2.24, 2.45) is 0 Å². The van der Waals surface area contributed by atoms with Gasteiger partial charge in [-0.25, -0.2) is 4.98 Å². The number of likely N-dealkylation sites (N-methyl/N-ethyl adjacent to an activating group) is 1. The number of nitrogen functional groups attached to an aromatic ring is 1. The molecule has 1 atom stereocenters. The number of anilines is 1. The van der Waals surface area contributed by atoms with Crippen molar-refractivity contribution >= 4 is 11.3 Å². The molecule has 2 aromatic rings. The van der Waals surface area contributed by atoms with Gasteiger partial charge in [0, 0.05) is 36.6 Å².